The minimum absolute atomic E-state index is 0.0225. The number of benzene rings is 2. The fraction of sp³-hybridized carbons (Fsp3) is 0.611. The van der Waals surface area contributed by atoms with E-state index < -0.39 is 34.7 Å². The summed E-state index contributed by atoms with van der Waals surface area (Å²) in [6.07, 6.45) is 3.70. The number of halogens is 2. The second-order valence-electron chi connectivity index (χ2n) is 21.2. The van der Waals surface area contributed by atoms with Gasteiger partial charge in [-0.25, -0.2) is 23.2 Å². The summed E-state index contributed by atoms with van der Waals surface area (Å²) < 4.78 is 40.4. The van der Waals surface area contributed by atoms with Gasteiger partial charge in [0.1, 0.15) is 22.8 Å². The Balaban J connectivity index is 0.000000323. The monoisotopic (exact) mass is 979 g/mol. The van der Waals surface area contributed by atoms with E-state index in [0.29, 0.717) is 66.8 Å². The van der Waals surface area contributed by atoms with Crippen molar-refractivity contribution in [3.05, 3.63) is 91.4 Å². The molecule has 3 N–H and O–H groups in total. The Bertz CT molecular complexity index is 2390. The molecule has 3 amide bonds. The van der Waals surface area contributed by atoms with Crippen molar-refractivity contribution in [3.63, 3.8) is 0 Å². The number of amides is 3. The van der Waals surface area contributed by atoms with Crippen molar-refractivity contribution in [2.75, 3.05) is 22.9 Å². The molecule has 70 heavy (non-hydrogen) atoms. The van der Waals surface area contributed by atoms with Crippen LogP contribution in [0.3, 0.4) is 0 Å². The maximum atomic E-state index is 15.0. The van der Waals surface area contributed by atoms with Crippen molar-refractivity contribution in [2.45, 2.75) is 203 Å². The number of likely N-dealkylation sites (tertiary alicyclic amines) is 2. The van der Waals surface area contributed by atoms with Crippen LogP contribution in [0.2, 0.25) is 0 Å². The summed E-state index contributed by atoms with van der Waals surface area (Å²) in [5, 5.41) is 12.3. The number of piperidine rings is 2. The van der Waals surface area contributed by atoms with E-state index in [1.807, 2.05) is 110 Å². The second-order valence-corrected chi connectivity index (χ2v) is 21.2. The van der Waals surface area contributed by atoms with Crippen LogP contribution in [-0.2, 0) is 22.4 Å². The smallest absolute Gasteiger partial charge is 0.410 e. The van der Waals surface area contributed by atoms with Crippen molar-refractivity contribution in [1.29, 1.82) is 0 Å². The number of nitrogens with one attached hydrogen (secondary N) is 2. The number of carboxylic acid groups (broad SMARTS) is 1. The molecule has 0 saturated carbocycles. The first kappa shape index (κ1) is 56.9. The third-order valence-electron chi connectivity index (χ3n) is 13.2. The quantitative estimate of drug-likeness (QED) is 0.159. The van der Waals surface area contributed by atoms with E-state index >= 15 is 4.39 Å². The van der Waals surface area contributed by atoms with Crippen LogP contribution in [0.5, 0.6) is 0 Å². The number of aryl methyl sites for hydroxylation is 2. The van der Waals surface area contributed by atoms with Gasteiger partial charge in [0.2, 0.25) is 0 Å². The van der Waals surface area contributed by atoms with Gasteiger partial charge in [-0.15, -0.1) is 0 Å². The number of pyridine rings is 1. The summed E-state index contributed by atoms with van der Waals surface area (Å²) in [7, 11) is 0. The lowest BCUT2D eigenvalue weighted by Crippen LogP contribution is -2.56. The fourth-order valence-electron chi connectivity index (χ4n) is 10.3. The summed E-state index contributed by atoms with van der Waals surface area (Å²) in [5.41, 5.74) is 3.55. The molecule has 0 bridgehead atoms. The van der Waals surface area contributed by atoms with E-state index in [-0.39, 0.29) is 71.7 Å². The largest absolute Gasteiger partial charge is 0.478 e. The molecular formula is C54H80F2N6O8. The summed E-state index contributed by atoms with van der Waals surface area (Å²) in [6, 6.07) is 6.98. The van der Waals surface area contributed by atoms with Crippen molar-refractivity contribution in [3.8, 4) is 0 Å². The molecular weight excluding hydrogens is 899 g/mol. The number of ether oxygens (including phenoxy) is 2. The normalized spacial score (nSPS) is 20.5. The number of aromatic nitrogens is 1. The molecule has 4 atom stereocenters. The average molecular weight is 979 g/mol. The minimum atomic E-state index is -1.14. The molecule has 3 aromatic rings. The molecule has 388 valence electrons. The SMILES string of the molecule is CCCc1cc(C)[nH]c(=O)c1CNC(=O)c1cc(F)cc(N(CC)C2C[C@@H](C)N(C(=O)OC(C)(C)C)[C@H](C)C2)c1C.CCN(c1cc(F)cc(C(=O)O)c1C)C1C[C@@H](C)N(C(=O)OC(C)(C)C)[C@H](C)C1. The van der Waals surface area contributed by atoms with Crippen LogP contribution in [0.1, 0.15) is 171 Å². The van der Waals surface area contributed by atoms with Gasteiger partial charge in [0.15, 0.2) is 0 Å². The summed E-state index contributed by atoms with van der Waals surface area (Å²) >= 11 is 0. The predicted octanol–water partition coefficient (Wildman–Crippen LogP) is 10.9. The van der Waals surface area contributed by atoms with Gasteiger partial charge in [-0.1, -0.05) is 13.3 Å². The molecule has 14 nitrogen and oxygen atoms in total. The molecule has 2 aromatic carbocycles. The molecule has 2 fully saturated rings. The Kier molecular flexibility index (Phi) is 19.1. The number of carbonyl (C=O) groups is 4. The number of anilines is 2. The maximum absolute atomic E-state index is 15.0. The van der Waals surface area contributed by atoms with Gasteiger partial charge < -0.3 is 44.5 Å². The summed E-state index contributed by atoms with van der Waals surface area (Å²) in [4.78, 5) is 73.6. The molecule has 0 unspecified atom stereocenters. The standard InChI is InChI=1S/C32H47FN4O4.C22H33FN2O4/c1-10-12-23-13-19(3)35-30(39)27(23)18-34-29(38)26-16-24(33)17-28(22(26)6)36(11-2)25-14-20(4)37(21(5)15-25)31(40)41-32(7,8)9;1-8-24(19-12-16(23)11-18(15(19)4)20(26)27)17-9-13(2)25(14(3)10-17)21(28)29-22(5,6)7/h13,16-17,20-21,25H,10-12,14-15,18H2,1-9H3,(H,34,38)(H,35,39);11-14,17H,8-10H2,1-7H3,(H,26,27)/t20-,21-;13-,14-/m11/s1. The molecule has 2 saturated heterocycles. The van der Waals surface area contributed by atoms with Crippen molar-refractivity contribution >= 4 is 35.4 Å². The Hall–Kier alpha value is -5.67. The van der Waals surface area contributed by atoms with Crippen LogP contribution in [0, 0.1) is 32.4 Å². The number of nitrogens with zero attached hydrogens (tertiary/aromatic N) is 4. The zero-order valence-electron chi connectivity index (χ0n) is 44.6. The highest BCUT2D eigenvalue weighted by atomic mass is 19.1. The van der Waals surface area contributed by atoms with Gasteiger partial charge in [0, 0.05) is 84.1 Å². The molecule has 1 aromatic heterocycles. The Labute approximate surface area is 414 Å². The van der Waals surface area contributed by atoms with Crippen LogP contribution in [-0.4, -0.2) is 104 Å². The number of aromatic amines is 1. The lowest BCUT2D eigenvalue weighted by Gasteiger charge is -2.47. The lowest BCUT2D eigenvalue weighted by molar-refractivity contribution is -0.00367. The predicted molar refractivity (Wildman–Crippen MR) is 272 cm³/mol. The fourth-order valence-corrected chi connectivity index (χ4v) is 10.3. The zero-order chi connectivity index (χ0) is 52.7. The molecule has 0 radical (unpaired) electrons. The Morgan fingerprint density at radius 2 is 1.10 bits per heavy atom. The van der Waals surface area contributed by atoms with Gasteiger partial charge in [-0.3, -0.25) is 9.59 Å². The molecule has 0 spiro atoms. The van der Waals surface area contributed by atoms with E-state index in [2.05, 4.69) is 20.1 Å². The van der Waals surface area contributed by atoms with Crippen LogP contribution >= 0.6 is 0 Å². The number of carboxylic acids is 1. The molecule has 5 rings (SSSR count). The maximum Gasteiger partial charge on any atom is 0.410 e. The molecule has 2 aliphatic heterocycles. The highest BCUT2D eigenvalue weighted by Crippen LogP contribution is 2.36. The van der Waals surface area contributed by atoms with Gasteiger partial charge >= 0.3 is 18.2 Å². The third kappa shape index (κ3) is 14.2. The summed E-state index contributed by atoms with van der Waals surface area (Å²) in [5.74, 6) is -2.63. The number of H-pyrrole nitrogens is 1. The van der Waals surface area contributed by atoms with Crippen LogP contribution < -0.4 is 20.7 Å². The van der Waals surface area contributed by atoms with Crippen LogP contribution in [0.4, 0.5) is 29.7 Å². The van der Waals surface area contributed by atoms with Crippen molar-refractivity contribution < 1.29 is 42.5 Å². The van der Waals surface area contributed by atoms with Gasteiger partial charge in [-0.05, 0) is 183 Å². The lowest BCUT2D eigenvalue weighted by atomic mass is 9.90. The molecule has 0 aliphatic carbocycles. The highest BCUT2D eigenvalue weighted by molar-refractivity contribution is 5.97. The topological polar surface area (TPSA) is 165 Å². The first-order chi connectivity index (χ1) is 32.5. The number of hydrogen-bond acceptors (Lipinski definition) is 9. The highest BCUT2D eigenvalue weighted by Gasteiger charge is 2.40. The van der Waals surface area contributed by atoms with Gasteiger partial charge in [0.25, 0.3) is 11.5 Å². The number of rotatable bonds is 12. The van der Waals surface area contributed by atoms with Gasteiger partial charge in [0.05, 0.1) is 5.56 Å². The Morgan fingerprint density at radius 1 is 0.700 bits per heavy atom. The third-order valence-corrected chi connectivity index (χ3v) is 13.2. The molecule has 2 aliphatic rings. The van der Waals surface area contributed by atoms with E-state index in [1.165, 1.54) is 18.2 Å². The van der Waals surface area contributed by atoms with Gasteiger partial charge in [-0.2, -0.15) is 0 Å². The van der Waals surface area contributed by atoms with Crippen molar-refractivity contribution in [1.82, 2.24) is 20.1 Å². The number of carbonyl (C=O) groups excluding carboxylic acids is 3. The van der Waals surface area contributed by atoms with Crippen LogP contribution in [0.15, 0.2) is 35.1 Å². The Morgan fingerprint density at radius 3 is 1.47 bits per heavy atom. The number of aromatic carboxylic acids is 1. The van der Waals surface area contributed by atoms with E-state index in [4.69, 9.17) is 9.47 Å². The first-order valence-electron chi connectivity index (χ1n) is 24.9. The first-order valence-corrected chi connectivity index (χ1v) is 24.9. The average Bonchev–Trinajstić information content (AvgIpc) is 3.21. The van der Waals surface area contributed by atoms with Crippen molar-refractivity contribution in [2.24, 2.45) is 0 Å². The summed E-state index contributed by atoms with van der Waals surface area (Å²) in [6.45, 7) is 31.8. The zero-order valence-corrected chi connectivity index (χ0v) is 44.6. The second kappa shape index (κ2) is 23.5. The number of hydrogen-bond donors (Lipinski definition) is 3. The van der Waals surface area contributed by atoms with Crippen LogP contribution in [0.25, 0.3) is 0 Å². The van der Waals surface area contributed by atoms with E-state index in [9.17, 15) is 33.5 Å². The van der Waals surface area contributed by atoms with E-state index in [1.54, 1.807) is 16.7 Å². The van der Waals surface area contributed by atoms with E-state index in [0.717, 1.165) is 30.2 Å². The molecule has 16 heteroatoms. The molecule has 3 heterocycles. The minimum Gasteiger partial charge on any atom is -0.478 e.